The van der Waals surface area contributed by atoms with Crippen molar-refractivity contribution >= 4 is 11.8 Å². The Hall–Kier alpha value is -1.58. The summed E-state index contributed by atoms with van der Waals surface area (Å²) in [5.41, 5.74) is -3.12. The molecule has 12 atom stereocenters. The van der Waals surface area contributed by atoms with Gasteiger partial charge in [0.1, 0.15) is 11.7 Å². The number of cyclic esters (lactones) is 1. The fourth-order valence-corrected chi connectivity index (χ4v) is 10.0. The lowest BCUT2D eigenvalue weighted by molar-refractivity contribution is -0.433. The Balaban J connectivity index is 1.37. The normalized spacial score (nSPS) is 60.8. The Bertz CT molecular complexity index is 1180. The zero-order chi connectivity index (χ0) is 25.8. The molecule has 5 fully saturated rings. The third kappa shape index (κ3) is 2.14. The number of carbonyl (C=O) groups is 2. The second-order valence-corrected chi connectivity index (χ2v) is 13.1. The van der Waals surface area contributed by atoms with Crippen LogP contribution >= 0.6 is 0 Å². The van der Waals surface area contributed by atoms with Crippen molar-refractivity contribution in [2.45, 2.75) is 102 Å². The molecule has 2 saturated heterocycles. The predicted octanol–water partition coefficient (Wildman–Crippen LogP) is 2.15. The van der Waals surface area contributed by atoms with Crippen LogP contribution in [0, 0.1) is 34.5 Å². The molecule has 36 heavy (non-hydrogen) atoms. The Kier molecular flexibility index (Phi) is 4.15. The smallest absolute Gasteiger partial charge is 0.336 e. The molecule has 3 N–H and O–H groups in total. The number of hydrogen-bond acceptors (Lipinski definition) is 8. The maximum atomic E-state index is 13.5. The van der Waals surface area contributed by atoms with Crippen molar-refractivity contribution in [3.8, 4) is 0 Å². The zero-order valence-corrected chi connectivity index (χ0v) is 21.5. The van der Waals surface area contributed by atoms with Crippen LogP contribution in [0.15, 0.2) is 23.3 Å². The number of carbonyl (C=O) groups excluding carboxylic acids is 2. The van der Waals surface area contributed by atoms with Crippen LogP contribution in [0.4, 0.5) is 0 Å². The summed E-state index contributed by atoms with van der Waals surface area (Å²) in [5, 5.41) is 36.5. The van der Waals surface area contributed by atoms with Gasteiger partial charge in [0.15, 0.2) is 11.6 Å². The van der Waals surface area contributed by atoms with Gasteiger partial charge >= 0.3 is 5.97 Å². The number of fused-ring (bicyclic) bond motifs is 3. The molecule has 8 heteroatoms. The first-order valence-corrected chi connectivity index (χ1v) is 13.4. The second kappa shape index (κ2) is 6.34. The molecule has 0 aromatic heterocycles. The lowest BCUT2D eigenvalue weighted by Crippen LogP contribution is -2.77. The largest absolute Gasteiger partial charge is 0.423 e. The van der Waals surface area contributed by atoms with Crippen LogP contribution in [0.1, 0.15) is 66.7 Å². The van der Waals surface area contributed by atoms with E-state index in [0.29, 0.717) is 30.4 Å². The maximum absolute atomic E-state index is 13.5. The average molecular weight is 501 g/mol. The van der Waals surface area contributed by atoms with E-state index in [1.165, 1.54) is 0 Å². The first kappa shape index (κ1) is 23.5. The van der Waals surface area contributed by atoms with E-state index in [4.69, 9.17) is 14.2 Å². The van der Waals surface area contributed by atoms with Gasteiger partial charge in [0.05, 0.1) is 22.5 Å². The molecule has 8 nitrogen and oxygen atoms in total. The second-order valence-electron chi connectivity index (χ2n) is 13.1. The minimum absolute atomic E-state index is 0.00481. The van der Waals surface area contributed by atoms with Gasteiger partial charge in [-0.25, -0.2) is 4.79 Å². The van der Waals surface area contributed by atoms with Crippen molar-refractivity contribution in [3.63, 3.8) is 0 Å². The number of allylic oxidation sites excluding steroid dienone is 1. The summed E-state index contributed by atoms with van der Waals surface area (Å²) < 4.78 is 18.3. The third-order valence-electron chi connectivity index (χ3n) is 12.5. The van der Waals surface area contributed by atoms with Crippen molar-refractivity contribution in [3.05, 3.63) is 23.3 Å². The average Bonchev–Trinajstić information content (AvgIpc) is 3.40. The number of ketones is 1. The van der Waals surface area contributed by atoms with Crippen molar-refractivity contribution in [2.24, 2.45) is 34.5 Å². The summed E-state index contributed by atoms with van der Waals surface area (Å²) in [6.45, 7) is 8.91. The summed E-state index contributed by atoms with van der Waals surface area (Å²) in [5.74, 6) is -5.39. The fourth-order valence-electron chi connectivity index (χ4n) is 10.0. The lowest BCUT2D eigenvalue weighted by atomic mass is 9.42. The Morgan fingerprint density at radius 1 is 1.06 bits per heavy atom. The first-order valence-electron chi connectivity index (χ1n) is 13.4. The summed E-state index contributed by atoms with van der Waals surface area (Å²) in [6.07, 6.45) is 5.09. The van der Waals surface area contributed by atoms with Gasteiger partial charge in [-0.1, -0.05) is 19.9 Å². The monoisotopic (exact) mass is 500 g/mol. The Morgan fingerprint density at radius 3 is 2.44 bits per heavy atom. The van der Waals surface area contributed by atoms with Gasteiger partial charge in [-0.2, -0.15) is 0 Å². The molecule has 7 rings (SSSR count). The Labute approximate surface area is 210 Å². The van der Waals surface area contributed by atoms with Gasteiger partial charge in [-0.15, -0.1) is 0 Å². The number of epoxide rings is 1. The van der Waals surface area contributed by atoms with Crippen LogP contribution in [0.2, 0.25) is 0 Å². The molecule has 0 aromatic carbocycles. The van der Waals surface area contributed by atoms with E-state index in [2.05, 4.69) is 0 Å². The van der Waals surface area contributed by atoms with Crippen LogP contribution in [-0.4, -0.2) is 62.1 Å². The molecular formula is C28H36O8. The SMILES string of the molecule is CC1=C(C)[C@](O)([C@H]2O[C@]3(O)C[C@H]4[C@@H](C[C@H]5O[C@]56CC=CC(=O)[C@]46C)[C@@H]4CC[C@](O)([C@@H]2C)[C@]43C)OC1=O. The minimum Gasteiger partial charge on any atom is -0.423 e. The quantitative estimate of drug-likeness (QED) is 0.369. The van der Waals surface area contributed by atoms with Gasteiger partial charge in [0.25, 0.3) is 5.79 Å². The summed E-state index contributed by atoms with van der Waals surface area (Å²) >= 11 is 0. The van der Waals surface area contributed by atoms with E-state index in [9.17, 15) is 24.9 Å². The first-order chi connectivity index (χ1) is 16.7. The molecule has 1 spiro atoms. The van der Waals surface area contributed by atoms with Gasteiger partial charge in [0, 0.05) is 23.5 Å². The van der Waals surface area contributed by atoms with Crippen LogP contribution in [-0.2, 0) is 23.8 Å². The molecule has 3 heterocycles. The summed E-state index contributed by atoms with van der Waals surface area (Å²) in [7, 11) is 0. The fraction of sp³-hybridized carbons (Fsp3) is 0.786. The number of esters is 1. The van der Waals surface area contributed by atoms with Crippen LogP contribution in [0.25, 0.3) is 0 Å². The van der Waals surface area contributed by atoms with Crippen molar-refractivity contribution in [1.29, 1.82) is 0 Å². The van der Waals surface area contributed by atoms with Crippen molar-refractivity contribution in [2.75, 3.05) is 0 Å². The molecule has 0 amide bonds. The topological polar surface area (TPSA) is 126 Å². The van der Waals surface area contributed by atoms with Crippen LogP contribution in [0.3, 0.4) is 0 Å². The van der Waals surface area contributed by atoms with E-state index in [0.717, 1.165) is 6.42 Å². The molecule has 0 aromatic rings. The van der Waals surface area contributed by atoms with Gasteiger partial charge in [-0.3, -0.25) is 4.79 Å². The molecule has 3 saturated carbocycles. The van der Waals surface area contributed by atoms with Gasteiger partial charge in [0.2, 0.25) is 0 Å². The molecular weight excluding hydrogens is 464 g/mol. The molecule has 0 bridgehead atoms. The highest BCUT2D eigenvalue weighted by molar-refractivity contribution is 5.97. The highest BCUT2D eigenvalue weighted by Crippen LogP contribution is 2.77. The standard InChI is InChI=1S/C28H36O8/c1-13-14(2)28(33,36-22(13)30)21-15(3)25(31)10-8-17-16-11-20-26(34-20)9-6-7-19(29)23(26,4)18(16)12-27(32,35-21)24(17,25)5/h6-7,15-18,20-21,31-33H,8-12H2,1-5H3/t15-,16+,17+,18+,20-,21+,23+,24+,25+,26-,27-,28-/m1/s1. The number of rotatable bonds is 1. The van der Waals surface area contributed by atoms with E-state index in [1.807, 2.05) is 26.8 Å². The molecule has 0 radical (unpaired) electrons. The van der Waals surface area contributed by atoms with E-state index >= 15 is 0 Å². The summed E-state index contributed by atoms with van der Waals surface area (Å²) in [6, 6.07) is 0. The number of ether oxygens (including phenoxy) is 3. The Morgan fingerprint density at radius 2 is 1.78 bits per heavy atom. The minimum atomic E-state index is -2.09. The highest BCUT2D eigenvalue weighted by atomic mass is 16.7. The lowest BCUT2D eigenvalue weighted by Gasteiger charge is -2.68. The van der Waals surface area contributed by atoms with Crippen molar-refractivity contribution in [1.82, 2.24) is 0 Å². The van der Waals surface area contributed by atoms with Crippen LogP contribution in [0.5, 0.6) is 0 Å². The third-order valence-corrected chi connectivity index (χ3v) is 12.5. The van der Waals surface area contributed by atoms with Crippen molar-refractivity contribution < 1.29 is 39.1 Å². The van der Waals surface area contributed by atoms with E-state index < -0.39 is 51.6 Å². The predicted molar refractivity (Wildman–Crippen MR) is 125 cm³/mol. The maximum Gasteiger partial charge on any atom is 0.336 e. The summed E-state index contributed by atoms with van der Waals surface area (Å²) in [4.78, 5) is 25.9. The molecule has 4 aliphatic carbocycles. The van der Waals surface area contributed by atoms with Gasteiger partial charge in [-0.05, 0) is 70.3 Å². The molecule has 3 aliphatic heterocycles. The van der Waals surface area contributed by atoms with Crippen LogP contribution < -0.4 is 0 Å². The number of hydrogen-bond donors (Lipinski definition) is 3. The molecule has 7 aliphatic rings. The zero-order valence-electron chi connectivity index (χ0n) is 21.5. The highest BCUT2D eigenvalue weighted by Gasteiger charge is 2.84. The van der Waals surface area contributed by atoms with Gasteiger partial charge < -0.3 is 29.5 Å². The number of aliphatic hydroxyl groups is 3. The van der Waals surface area contributed by atoms with E-state index in [-0.39, 0.29) is 36.1 Å². The molecule has 196 valence electrons. The molecule has 0 unspecified atom stereocenters. The van der Waals surface area contributed by atoms with E-state index in [1.54, 1.807) is 19.9 Å².